The van der Waals surface area contributed by atoms with Gasteiger partial charge in [-0.2, -0.15) is 0 Å². The Hall–Kier alpha value is -2.08. The Balaban J connectivity index is 1.40. The van der Waals surface area contributed by atoms with E-state index in [0.717, 1.165) is 16.3 Å². The van der Waals surface area contributed by atoms with Gasteiger partial charge < -0.3 is 24.5 Å². The second-order valence-electron chi connectivity index (χ2n) is 10.2. The number of alkyl halides is 1. The molecule has 0 radical (unpaired) electrons. The molecule has 4 rings (SSSR count). The van der Waals surface area contributed by atoms with Crippen LogP contribution in [0.4, 0.5) is 10.1 Å². The van der Waals surface area contributed by atoms with Crippen molar-refractivity contribution in [2.24, 2.45) is 11.8 Å². The molecule has 1 aromatic rings. The van der Waals surface area contributed by atoms with Gasteiger partial charge in [-0.15, -0.1) is 0 Å². The number of amides is 2. The highest BCUT2D eigenvalue weighted by atomic mass is 31.2. The molecule has 0 bridgehead atoms. The maximum atomic E-state index is 14.0. The minimum Gasteiger partial charge on any atom is -0.489 e. The molecule has 5 atom stereocenters. The quantitative estimate of drug-likeness (QED) is 0.307. The van der Waals surface area contributed by atoms with Gasteiger partial charge in [-0.3, -0.25) is 23.9 Å². The van der Waals surface area contributed by atoms with E-state index in [-0.39, 0.29) is 32.0 Å². The van der Waals surface area contributed by atoms with Gasteiger partial charge in [0.05, 0.1) is 36.3 Å². The maximum absolute atomic E-state index is 14.0. The van der Waals surface area contributed by atoms with Crippen LogP contribution in [0, 0.1) is 11.8 Å². The first-order valence-electron chi connectivity index (χ1n) is 12.6. The first-order valence-corrected chi connectivity index (χ1v) is 14.1. The second-order valence-corrected chi connectivity index (χ2v) is 11.4. The third kappa shape index (κ3) is 6.68. The van der Waals surface area contributed by atoms with E-state index < -0.39 is 49.9 Å². The summed E-state index contributed by atoms with van der Waals surface area (Å²) in [4.78, 5) is 49.8. The number of nitrogens with zero attached hydrogens (tertiary/aromatic N) is 3. The Morgan fingerprint density at radius 3 is 2.27 bits per heavy atom. The smallest absolute Gasteiger partial charge is 0.469 e. The molecule has 2 amide bonds. The van der Waals surface area contributed by atoms with Gasteiger partial charge >= 0.3 is 7.82 Å². The average molecular weight is 544 g/mol. The van der Waals surface area contributed by atoms with Crippen molar-refractivity contribution in [2.75, 3.05) is 44.2 Å². The van der Waals surface area contributed by atoms with Crippen molar-refractivity contribution < 1.29 is 42.7 Å². The summed E-state index contributed by atoms with van der Waals surface area (Å²) in [6.45, 7) is 6.01. The van der Waals surface area contributed by atoms with Crippen LogP contribution in [0.15, 0.2) is 24.3 Å². The number of ether oxygens (including phenoxy) is 1. The predicted octanol–water partition coefficient (Wildman–Crippen LogP) is 1.17. The third-order valence-electron chi connectivity index (χ3n) is 7.12. The van der Waals surface area contributed by atoms with Crippen LogP contribution in [-0.4, -0.2) is 100 Å². The third-order valence-corrected chi connectivity index (χ3v) is 7.69. The van der Waals surface area contributed by atoms with Crippen LogP contribution in [0.5, 0.6) is 5.75 Å². The molecule has 1 saturated carbocycles. The number of anilines is 1. The highest BCUT2D eigenvalue weighted by Crippen LogP contribution is 2.41. The van der Waals surface area contributed by atoms with E-state index in [4.69, 9.17) is 9.26 Å². The number of benzene rings is 1. The fourth-order valence-corrected chi connectivity index (χ4v) is 5.95. The van der Waals surface area contributed by atoms with E-state index >= 15 is 0 Å². The molecule has 11 nitrogen and oxygen atoms in total. The summed E-state index contributed by atoms with van der Waals surface area (Å²) in [5.41, 5.74) is 0.961. The molecule has 0 aromatic heterocycles. The van der Waals surface area contributed by atoms with E-state index in [1.54, 1.807) is 0 Å². The van der Waals surface area contributed by atoms with Crippen molar-refractivity contribution in [3.05, 3.63) is 24.3 Å². The zero-order chi connectivity index (χ0) is 26.9. The Morgan fingerprint density at radius 1 is 1.03 bits per heavy atom. The number of carbonyl (C=O) groups is 2. The van der Waals surface area contributed by atoms with E-state index in [9.17, 15) is 33.4 Å². The van der Waals surface area contributed by atoms with Crippen molar-refractivity contribution in [1.29, 1.82) is 0 Å². The predicted molar refractivity (Wildman–Crippen MR) is 132 cm³/mol. The van der Waals surface area contributed by atoms with E-state index in [1.165, 1.54) is 0 Å². The lowest BCUT2D eigenvalue weighted by Crippen LogP contribution is -2.51. The number of imide groups is 1. The van der Waals surface area contributed by atoms with Gasteiger partial charge in [0.2, 0.25) is 11.8 Å². The number of fused-ring (bicyclic) bond motifs is 1. The number of piperazine rings is 1. The number of phosphoric acid groups is 1. The lowest BCUT2D eigenvalue weighted by molar-refractivity contribution is -0.141. The Labute approximate surface area is 215 Å². The largest absolute Gasteiger partial charge is 0.489 e. The fourth-order valence-electron chi connectivity index (χ4n) is 5.42. The average Bonchev–Trinajstić information content (AvgIpc) is 3.03. The Morgan fingerprint density at radius 2 is 1.65 bits per heavy atom. The number of likely N-dealkylation sites (tertiary alicyclic amines) is 1. The van der Waals surface area contributed by atoms with Gasteiger partial charge in [0.25, 0.3) is 0 Å². The SMILES string of the molecule is CC(C)Oc1ccccc1N1CCN(CC(CN2C(=O)C3CC(O)C(F)CC3C2=O)OP(=O)(O)O)CC1. The van der Waals surface area contributed by atoms with Gasteiger partial charge in [0.15, 0.2) is 0 Å². The molecular formula is C24H35FN3O8P. The molecule has 37 heavy (non-hydrogen) atoms. The van der Waals surface area contributed by atoms with Crippen LogP contribution in [0.3, 0.4) is 0 Å². The zero-order valence-corrected chi connectivity index (χ0v) is 21.9. The highest BCUT2D eigenvalue weighted by molar-refractivity contribution is 7.46. The van der Waals surface area contributed by atoms with Crippen molar-refractivity contribution in [2.45, 2.75) is 51.2 Å². The van der Waals surface area contributed by atoms with Crippen molar-refractivity contribution in [1.82, 2.24) is 9.80 Å². The summed E-state index contributed by atoms with van der Waals surface area (Å²) >= 11 is 0. The summed E-state index contributed by atoms with van der Waals surface area (Å²) in [7, 11) is -4.92. The minimum absolute atomic E-state index is 0.0203. The fraction of sp³-hybridized carbons (Fsp3) is 0.667. The van der Waals surface area contributed by atoms with Gasteiger partial charge in [-0.1, -0.05) is 12.1 Å². The number of halogens is 1. The first kappa shape index (κ1) is 27.9. The number of para-hydroxylation sites is 2. The molecule has 3 fully saturated rings. The second kappa shape index (κ2) is 11.3. The molecule has 13 heteroatoms. The summed E-state index contributed by atoms with van der Waals surface area (Å²) < 4.78 is 36.6. The van der Waals surface area contributed by atoms with Crippen LogP contribution < -0.4 is 9.64 Å². The highest BCUT2D eigenvalue weighted by Gasteiger charge is 2.53. The van der Waals surface area contributed by atoms with Crippen LogP contribution in [0.2, 0.25) is 0 Å². The summed E-state index contributed by atoms with van der Waals surface area (Å²) in [6, 6.07) is 7.74. The molecule has 1 aliphatic carbocycles. The van der Waals surface area contributed by atoms with Crippen LogP contribution in [-0.2, 0) is 18.7 Å². The first-order chi connectivity index (χ1) is 17.4. The molecule has 3 N–H and O–H groups in total. The monoisotopic (exact) mass is 543 g/mol. The maximum Gasteiger partial charge on any atom is 0.469 e. The molecule has 2 aliphatic heterocycles. The van der Waals surface area contributed by atoms with Crippen LogP contribution in [0.25, 0.3) is 0 Å². The minimum atomic E-state index is -4.92. The Bertz CT molecular complexity index is 1000. The number of phosphoric ester groups is 1. The number of hydrogen-bond acceptors (Lipinski definition) is 8. The molecular weight excluding hydrogens is 508 g/mol. The van der Waals surface area contributed by atoms with Crippen LogP contribution in [0.1, 0.15) is 26.7 Å². The lowest BCUT2D eigenvalue weighted by atomic mass is 9.78. The molecule has 3 aliphatic rings. The summed E-state index contributed by atoms with van der Waals surface area (Å²) in [5.74, 6) is -2.08. The van der Waals surface area contributed by atoms with Crippen LogP contribution >= 0.6 is 7.82 Å². The van der Waals surface area contributed by atoms with Gasteiger partial charge in [0.1, 0.15) is 18.0 Å². The van der Waals surface area contributed by atoms with Gasteiger partial charge in [-0.05, 0) is 38.8 Å². The van der Waals surface area contributed by atoms with Gasteiger partial charge in [-0.25, -0.2) is 8.96 Å². The lowest BCUT2D eigenvalue weighted by Gasteiger charge is -2.38. The summed E-state index contributed by atoms with van der Waals surface area (Å²) in [5, 5.41) is 9.83. The van der Waals surface area contributed by atoms with E-state index in [0.29, 0.717) is 26.2 Å². The molecule has 206 valence electrons. The summed E-state index contributed by atoms with van der Waals surface area (Å²) in [6.07, 6.45) is -4.42. The topological polar surface area (TPSA) is 140 Å². The molecule has 5 unspecified atom stereocenters. The van der Waals surface area contributed by atoms with Crippen molar-refractivity contribution in [3.8, 4) is 5.75 Å². The van der Waals surface area contributed by atoms with E-state index in [2.05, 4.69) is 4.90 Å². The number of aliphatic hydroxyl groups is 1. The molecule has 2 saturated heterocycles. The Kier molecular flexibility index (Phi) is 8.57. The number of aliphatic hydroxyl groups excluding tert-OH is 1. The molecule has 1 aromatic carbocycles. The molecule has 0 spiro atoms. The number of rotatable bonds is 9. The normalized spacial score (nSPS) is 28.1. The number of carbonyl (C=O) groups excluding carboxylic acids is 2. The standard InChI is InChI=1S/C24H35FN3O8P/c1-15(2)35-22-6-4-3-5-20(22)27-9-7-26(8-10-27)13-16(36-37(32,33)34)14-28-23(30)17-11-19(25)21(29)12-18(17)24(28)31/h3-6,15-19,21,29H,7-14H2,1-2H3,(H2,32,33,34). The number of hydrogen-bond donors (Lipinski definition) is 3. The molecule has 2 heterocycles. The van der Waals surface area contributed by atoms with Gasteiger partial charge in [0, 0.05) is 32.7 Å². The van der Waals surface area contributed by atoms with Crippen molar-refractivity contribution >= 4 is 25.3 Å². The van der Waals surface area contributed by atoms with E-state index in [1.807, 2.05) is 43.0 Å². The van der Waals surface area contributed by atoms with Crippen molar-refractivity contribution in [3.63, 3.8) is 0 Å². The zero-order valence-electron chi connectivity index (χ0n) is 21.0.